The zero-order valence-electron chi connectivity index (χ0n) is 10.7. The number of rotatable bonds is 4. The van der Waals surface area contributed by atoms with Gasteiger partial charge in [0.15, 0.2) is 0 Å². The maximum Gasteiger partial charge on any atom is 0.234 e. The summed E-state index contributed by atoms with van der Waals surface area (Å²) in [5, 5.41) is 2.99. The van der Waals surface area contributed by atoms with E-state index in [0.29, 0.717) is 18.5 Å². The summed E-state index contributed by atoms with van der Waals surface area (Å²) in [4.78, 5) is 13.9. The molecule has 16 heavy (non-hydrogen) atoms. The van der Waals surface area contributed by atoms with Gasteiger partial charge in [0.05, 0.1) is 6.54 Å². The molecule has 0 aromatic rings. The van der Waals surface area contributed by atoms with Crippen LogP contribution in [-0.2, 0) is 4.79 Å². The maximum atomic E-state index is 11.7. The molecule has 3 N–H and O–H groups in total. The average molecular weight is 227 g/mol. The molecule has 1 amide bonds. The van der Waals surface area contributed by atoms with Crippen molar-refractivity contribution in [1.29, 1.82) is 0 Å². The van der Waals surface area contributed by atoms with Crippen LogP contribution in [0.5, 0.6) is 0 Å². The van der Waals surface area contributed by atoms with Crippen LogP contribution in [0.4, 0.5) is 0 Å². The van der Waals surface area contributed by atoms with Gasteiger partial charge in [0.2, 0.25) is 5.91 Å². The Balaban J connectivity index is 2.29. The van der Waals surface area contributed by atoms with Crippen molar-refractivity contribution in [2.24, 2.45) is 11.7 Å². The third-order valence-corrected chi connectivity index (χ3v) is 3.44. The molecule has 0 spiro atoms. The third kappa shape index (κ3) is 4.10. The van der Waals surface area contributed by atoms with Gasteiger partial charge in [-0.15, -0.1) is 0 Å². The fourth-order valence-corrected chi connectivity index (χ4v) is 2.02. The van der Waals surface area contributed by atoms with E-state index < -0.39 is 0 Å². The Morgan fingerprint density at radius 3 is 2.88 bits per heavy atom. The third-order valence-electron chi connectivity index (χ3n) is 3.44. The van der Waals surface area contributed by atoms with E-state index in [9.17, 15) is 4.79 Å². The highest BCUT2D eigenvalue weighted by Crippen LogP contribution is 2.14. The van der Waals surface area contributed by atoms with E-state index in [0.717, 1.165) is 25.9 Å². The Labute approximate surface area is 98.6 Å². The molecule has 1 aliphatic heterocycles. The van der Waals surface area contributed by atoms with Crippen molar-refractivity contribution in [2.75, 3.05) is 19.6 Å². The van der Waals surface area contributed by atoms with Gasteiger partial charge < -0.3 is 11.1 Å². The quantitative estimate of drug-likeness (QED) is 0.738. The molecule has 4 heteroatoms. The van der Waals surface area contributed by atoms with Gasteiger partial charge >= 0.3 is 0 Å². The van der Waals surface area contributed by atoms with E-state index in [1.807, 2.05) is 6.92 Å². The molecule has 1 saturated heterocycles. The van der Waals surface area contributed by atoms with Gasteiger partial charge in [-0.25, -0.2) is 0 Å². The highest BCUT2D eigenvalue weighted by atomic mass is 16.2. The monoisotopic (exact) mass is 227 g/mol. The van der Waals surface area contributed by atoms with Crippen LogP contribution in [0.3, 0.4) is 0 Å². The number of piperidine rings is 1. The van der Waals surface area contributed by atoms with Crippen LogP contribution in [0.1, 0.15) is 33.6 Å². The second kappa shape index (κ2) is 6.21. The lowest BCUT2D eigenvalue weighted by Gasteiger charge is -2.34. The van der Waals surface area contributed by atoms with Crippen molar-refractivity contribution in [3.63, 3.8) is 0 Å². The zero-order chi connectivity index (χ0) is 12.1. The molecule has 3 unspecified atom stereocenters. The van der Waals surface area contributed by atoms with Crippen molar-refractivity contribution in [1.82, 2.24) is 10.2 Å². The smallest absolute Gasteiger partial charge is 0.234 e. The van der Waals surface area contributed by atoms with E-state index in [-0.39, 0.29) is 11.9 Å². The van der Waals surface area contributed by atoms with Gasteiger partial charge in [0.1, 0.15) is 0 Å². The van der Waals surface area contributed by atoms with Crippen LogP contribution in [0, 0.1) is 5.92 Å². The van der Waals surface area contributed by atoms with E-state index in [2.05, 4.69) is 24.1 Å². The zero-order valence-corrected chi connectivity index (χ0v) is 10.7. The lowest BCUT2D eigenvalue weighted by atomic mass is 9.95. The average Bonchev–Trinajstić information content (AvgIpc) is 2.23. The molecule has 0 bridgehead atoms. The first kappa shape index (κ1) is 13.5. The minimum absolute atomic E-state index is 0.136. The second-order valence-corrected chi connectivity index (χ2v) is 5.04. The highest BCUT2D eigenvalue weighted by Gasteiger charge is 2.24. The molecule has 1 fully saturated rings. The topological polar surface area (TPSA) is 58.4 Å². The summed E-state index contributed by atoms with van der Waals surface area (Å²) in [5.74, 6) is 0.627. The van der Waals surface area contributed by atoms with Gasteiger partial charge in [-0.2, -0.15) is 0 Å². The lowest BCUT2D eigenvalue weighted by molar-refractivity contribution is -0.123. The number of carbonyl (C=O) groups is 1. The summed E-state index contributed by atoms with van der Waals surface area (Å²) in [6.07, 6.45) is 1.98. The molecule has 94 valence electrons. The largest absolute Gasteiger partial charge is 0.353 e. The Kier molecular flexibility index (Phi) is 5.22. The Hall–Kier alpha value is -0.610. The molecule has 0 radical (unpaired) electrons. The van der Waals surface area contributed by atoms with Crippen molar-refractivity contribution >= 4 is 5.91 Å². The van der Waals surface area contributed by atoms with Crippen molar-refractivity contribution in [2.45, 2.75) is 45.7 Å². The number of carbonyl (C=O) groups excluding carboxylic acids is 1. The van der Waals surface area contributed by atoms with Crippen molar-refractivity contribution in [3.05, 3.63) is 0 Å². The minimum Gasteiger partial charge on any atom is -0.353 e. The fraction of sp³-hybridized carbons (Fsp3) is 0.917. The summed E-state index contributed by atoms with van der Waals surface area (Å²) in [5.41, 5.74) is 5.95. The number of nitrogens with two attached hydrogens (primary N) is 1. The Morgan fingerprint density at radius 2 is 2.31 bits per heavy atom. The minimum atomic E-state index is 0.136. The standard InChI is InChI=1S/C12H25N3O/c1-4-10(3)14-12(16)8-15-6-5-11(13)9(2)7-15/h9-11H,4-8,13H2,1-3H3,(H,14,16). The van der Waals surface area contributed by atoms with Crippen molar-refractivity contribution in [3.8, 4) is 0 Å². The predicted molar refractivity (Wildman–Crippen MR) is 66.1 cm³/mol. The lowest BCUT2D eigenvalue weighted by Crippen LogP contribution is -2.49. The molecule has 4 nitrogen and oxygen atoms in total. The molecule has 0 saturated carbocycles. The number of amides is 1. The molecular weight excluding hydrogens is 202 g/mol. The van der Waals surface area contributed by atoms with Crippen LogP contribution in [0.15, 0.2) is 0 Å². The summed E-state index contributed by atoms with van der Waals surface area (Å²) >= 11 is 0. The molecule has 1 rings (SSSR count). The van der Waals surface area contributed by atoms with Crippen LogP contribution in [-0.4, -0.2) is 42.5 Å². The summed E-state index contributed by atoms with van der Waals surface area (Å²) in [6.45, 7) is 8.67. The fourth-order valence-electron chi connectivity index (χ4n) is 2.02. The molecule has 0 aliphatic carbocycles. The number of hydrogen-bond donors (Lipinski definition) is 2. The van der Waals surface area contributed by atoms with Crippen molar-refractivity contribution < 1.29 is 4.79 Å². The van der Waals surface area contributed by atoms with Crippen LogP contribution in [0.2, 0.25) is 0 Å². The second-order valence-electron chi connectivity index (χ2n) is 5.04. The summed E-state index contributed by atoms with van der Waals surface area (Å²) in [7, 11) is 0. The number of likely N-dealkylation sites (tertiary alicyclic amines) is 1. The molecular formula is C12H25N3O. The first-order valence-corrected chi connectivity index (χ1v) is 6.30. The van der Waals surface area contributed by atoms with Crippen LogP contribution >= 0.6 is 0 Å². The van der Waals surface area contributed by atoms with Gasteiger partial charge in [0, 0.05) is 25.2 Å². The molecule has 1 heterocycles. The van der Waals surface area contributed by atoms with Gasteiger partial charge in [-0.3, -0.25) is 9.69 Å². The molecule has 0 aromatic heterocycles. The predicted octanol–water partition coefficient (Wildman–Crippen LogP) is 0.570. The SMILES string of the molecule is CCC(C)NC(=O)CN1CCC(N)C(C)C1. The molecule has 3 atom stereocenters. The van der Waals surface area contributed by atoms with E-state index >= 15 is 0 Å². The Morgan fingerprint density at radius 1 is 1.62 bits per heavy atom. The number of hydrogen-bond acceptors (Lipinski definition) is 3. The molecule has 0 aromatic carbocycles. The van der Waals surface area contributed by atoms with E-state index in [4.69, 9.17) is 5.73 Å². The first-order chi connectivity index (χ1) is 7.52. The van der Waals surface area contributed by atoms with Gasteiger partial charge in [-0.1, -0.05) is 13.8 Å². The maximum absolute atomic E-state index is 11.7. The Bertz CT molecular complexity index is 232. The number of nitrogens with one attached hydrogen (secondary N) is 1. The van der Waals surface area contributed by atoms with E-state index in [1.165, 1.54) is 0 Å². The van der Waals surface area contributed by atoms with Crippen LogP contribution in [0.25, 0.3) is 0 Å². The normalized spacial score (nSPS) is 28.8. The summed E-state index contributed by atoms with van der Waals surface area (Å²) in [6, 6.07) is 0.575. The highest BCUT2D eigenvalue weighted by molar-refractivity contribution is 5.78. The van der Waals surface area contributed by atoms with Gasteiger partial charge in [-0.05, 0) is 25.7 Å². The van der Waals surface area contributed by atoms with Gasteiger partial charge in [0.25, 0.3) is 0 Å². The molecule has 1 aliphatic rings. The summed E-state index contributed by atoms with van der Waals surface area (Å²) < 4.78 is 0. The number of nitrogens with zero attached hydrogens (tertiary/aromatic N) is 1. The van der Waals surface area contributed by atoms with E-state index in [1.54, 1.807) is 0 Å². The first-order valence-electron chi connectivity index (χ1n) is 6.30. The van der Waals surface area contributed by atoms with Crippen LogP contribution < -0.4 is 11.1 Å².